The monoisotopic (exact) mass is 309 g/mol. The van der Waals surface area contributed by atoms with E-state index in [1.54, 1.807) is 12.1 Å². The fraction of sp³-hybridized carbons (Fsp3) is 0.647. The Bertz CT molecular complexity index is 453. The maximum absolute atomic E-state index is 11.7. The number of carbonyl (C=O) groups excluding carboxylic acids is 1. The third-order valence-electron chi connectivity index (χ3n) is 3.57. The number of carboxylic acids is 1. The largest absolute Gasteiger partial charge is 0.481 e. The Hall–Kier alpha value is -1.78. The predicted octanol–water partition coefficient (Wildman–Crippen LogP) is 3.91. The molecule has 1 rings (SSSR count). The van der Waals surface area contributed by atoms with E-state index in [4.69, 9.17) is 9.52 Å². The highest BCUT2D eigenvalue weighted by Gasteiger charge is 2.08. The number of amides is 1. The van der Waals surface area contributed by atoms with Gasteiger partial charge in [-0.05, 0) is 31.9 Å². The quantitative estimate of drug-likeness (QED) is 0.574. The molecule has 0 aliphatic carbocycles. The molecule has 5 heteroatoms. The van der Waals surface area contributed by atoms with Gasteiger partial charge in [0.1, 0.15) is 5.76 Å². The fourth-order valence-corrected chi connectivity index (χ4v) is 2.31. The lowest BCUT2D eigenvalue weighted by Crippen LogP contribution is -2.23. The smallest absolute Gasteiger partial charge is 0.303 e. The first-order valence-corrected chi connectivity index (χ1v) is 8.16. The topological polar surface area (TPSA) is 79.5 Å². The molecule has 0 aromatic carbocycles. The minimum Gasteiger partial charge on any atom is -0.481 e. The Labute approximate surface area is 132 Å². The lowest BCUT2D eigenvalue weighted by Gasteiger charge is -2.04. The summed E-state index contributed by atoms with van der Waals surface area (Å²) < 4.78 is 5.25. The van der Waals surface area contributed by atoms with Gasteiger partial charge in [-0.2, -0.15) is 0 Å². The van der Waals surface area contributed by atoms with Crippen molar-refractivity contribution >= 4 is 11.9 Å². The van der Waals surface area contributed by atoms with Crippen molar-refractivity contribution in [3.8, 4) is 0 Å². The molecule has 0 unspecified atom stereocenters. The number of furan rings is 1. The first-order chi connectivity index (χ1) is 10.6. The second-order valence-electron chi connectivity index (χ2n) is 5.64. The molecule has 22 heavy (non-hydrogen) atoms. The summed E-state index contributed by atoms with van der Waals surface area (Å²) in [5.41, 5.74) is 0. The highest BCUT2D eigenvalue weighted by atomic mass is 16.4. The van der Waals surface area contributed by atoms with Crippen molar-refractivity contribution in [1.29, 1.82) is 0 Å². The average molecular weight is 309 g/mol. The summed E-state index contributed by atoms with van der Waals surface area (Å²) in [6, 6.07) is 3.47. The number of unbranched alkanes of at least 4 members (excludes halogenated alkanes) is 7. The molecule has 124 valence electrons. The van der Waals surface area contributed by atoms with Crippen LogP contribution >= 0.6 is 0 Å². The van der Waals surface area contributed by atoms with Gasteiger partial charge in [-0.1, -0.05) is 38.5 Å². The molecule has 0 aliphatic rings. The summed E-state index contributed by atoms with van der Waals surface area (Å²) in [6.45, 7) is 2.50. The van der Waals surface area contributed by atoms with Crippen LogP contribution in [0.2, 0.25) is 0 Å². The Morgan fingerprint density at radius 3 is 2.14 bits per heavy atom. The van der Waals surface area contributed by atoms with Crippen LogP contribution in [0, 0.1) is 6.92 Å². The van der Waals surface area contributed by atoms with Crippen molar-refractivity contribution in [2.75, 3.05) is 6.54 Å². The molecule has 5 nitrogen and oxygen atoms in total. The molecule has 0 saturated carbocycles. The summed E-state index contributed by atoms with van der Waals surface area (Å²) in [4.78, 5) is 22.0. The van der Waals surface area contributed by atoms with E-state index in [1.165, 1.54) is 6.42 Å². The molecule has 1 amide bonds. The second-order valence-corrected chi connectivity index (χ2v) is 5.64. The zero-order valence-electron chi connectivity index (χ0n) is 13.4. The molecule has 0 radical (unpaired) electrons. The van der Waals surface area contributed by atoms with Crippen LogP contribution in [0.15, 0.2) is 16.5 Å². The van der Waals surface area contributed by atoms with Gasteiger partial charge in [0, 0.05) is 13.0 Å². The Kier molecular flexibility index (Phi) is 9.03. The Morgan fingerprint density at radius 1 is 1.00 bits per heavy atom. The van der Waals surface area contributed by atoms with E-state index in [0.29, 0.717) is 12.3 Å². The SMILES string of the molecule is Cc1ccc(C(=O)NCCCCCCCCCCC(=O)O)o1. The molecule has 0 atom stereocenters. The molecular formula is C17H27NO4. The van der Waals surface area contributed by atoms with Crippen molar-refractivity contribution in [3.05, 3.63) is 23.7 Å². The van der Waals surface area contributed by atoms with Gasteiger partial charge in [-0.15, -0.1) is 0 Å². The van der Waals surface area contributed by atoms with E-state index in [2.05, 4.69) is 5.32 Å². The molecule has 0 aliphatic heterocycles. The van der Waals surface area contributed by atoms with Gasteiger partial charge in [0.05, 0.1) is 0 Å². The Balaban J connectivity index is 1.87. The maximum atomic E-state index is 11.7. The highest BCUT2D eigenvalue weighted by Crippen LogP contribution is 2.10. The number of hydrogen-bond donors (Lipinski definition) is 2. The van der Waals surface area contributed by atoms with E-state index < -0.39 is 5.97 Å². The number of carbonyl (C=O) groups is 2. The van der Waals surface area contributed by atoms with Crippen molar-refractivity contribution in [3.63, 3.8) is 0 Å². The Morgan fingerprint density at radius 2 is 1.59 bits per heavy atom. The van der Waals surface area contributed by atoms with E-state index in [0.717, 1.165) is 50.7 Å². The van der Waals surface area contributed by atoms with E-state index in [-0.39, 0.29) is 12.3 Å². The van der Waals surface area contributed by atoms with Gasteiger partial charge in [0.25, 0.3) is 5.91 Å². The highest BCUT2D eigenvalue weighted by molar-refractivity contribution is 5.91. The van der Waals surface area contributed by atoms with Crippen LogP contribution in [0.5, 0.6) is 0 Å². The normalized spacial score (nSPS) is 10.6. The fourth-order valence-electron chi connectivity index (χ4n) is 2.31. The van der Waals surface area contributed by atoms with E-state index in [1.807, 2.05) is 6.92 Å². The number of hydrogen-bond acceptors (Lipinski definition) is 3. The zero-order chi connectivity index (χ0) is 16.2. The molecule has 1 aromatic rings. The van der Waals surface area contributed by atoms with Gasteiger partial charge in [-0.25, -0.2) is 0 Å². The zero-order valence-corrected chi connectivity index (χ0v) is 13.4. The van der Waals surface area contributed by atoms with E-state index in [9.17, 15) is 9.59 Å². The van der Waals surface area contributed by atoms with Crippen LogP contribution in [0.1, 0.15) is 74.1 Å². The third-order valence-corrected chi connectivity index (χ3v) is 3.57. The van der Waals surface area contributed by atoms with Crippen LogP contribution in [-0.4, -0.2) is 23.5 Å². The third kappa shape index (κ3) is 8.49. The molecule has 1 aromatic heterocycles. The van der Waals surface area contributed by atoms with Crippen molar-refractivity contribution in [1.82, 2.24) is 5.32 Å². The minimum atomic E-state index is -0.702. The van der Waals surface area contributed by atoms with Crippen LogP contribution < -0.4 is 5.32 Å². The first-order valence-electron chi connectivity index (χ1n) is 8.16. The molecule has 0 saturated heterocycles. The number of carboxylic acid groups (broad SMARTS) is 1. The van der Waals surface area contributed by atoms with Crippen LogP contribution in [0.4, 0.5) is 0 Å². The summed E-state index contributed by atoms with van der Waals surface area (Å²) in [5.74, 6) is 0.269. The van der Waals surface area contributed by atoms with Gasteiger partial charge in [-0.3, -0.25) is 9.59 Å². The predicted molar refractivity (Wildman–Crippen MR) is 85.0 cm³/mol. The van der Waals surface area contributed by atoms with Gasteiger partial charge in [0.15, 0.2) is 5.76 Å². The number of nitrogens with one attached hydrogen (secondary N) is 1. The van der Waals surface area contributed by atoms with Crippen molar-refractivity contribution in [2.45, 2.75) is 64.7 Å². The minimum absolute atomic E-state index is 0.147. The summed E-state index contributed by atoms with van der Waals surface area (Å²) in [5, 5.41) is 11.4. The van der Waals surface area contributed by atoms with Crippen LogP contribution in [-0.2, 0) is 4.79 Å². The summed E-state index contributed by atoms with van der Waals surface area (Å²) in [6.07, 6.45) is 8.77. The molecule has 0 spiro atoms. The van der Waals surface area contributed by atoms with Crippen molar-refractivity contribution in [2.24, 2.45) is 0 Å². The number of rotatable bonds is 12. The molecule has 2 N–H and O–H groups in total. The molecule has 0 bridgehead atoms. The number of aliphatic carboxylic acids is 1. The molecule has 1 heterocycles. The lowest BCUT2D eigenvalue weighted by atomic mass is 10.1. The summed E-state index contributed by atoms with van der Waals surface area (Å²) in [7, 11) is 0. The number of aryl methyl sites for hydroxylation is 1. The molecular weight excluding hydrogens is 282 g/mol. The van der Waals surface area contributed by atoms with Crippen LogP contribution in [0.25, 0.3) is 0 Å². The maximum Gasteiger partial charge on any atom is 0.303 e. The van der Waals surface area contributed by atoms with Crippen molar-refractivity contribution < 1.29 is 19.1 Å². The lowest BCUT2D eigenvalue weighted by molar-refractivity contribution is -0.137. The first kappa shape index (κ1) is 18.3. The van der Waals surface area contributed by atoms with Crippen LogP contribution in [0.3, 0.4) is 0 Å². The summed E-state index contributed by atoms with van der Waals surface area (Å²) >= 11 is 0. The van der Waals surface area contributed by atoms with Gasteiger partial charge >= 0.3 is 5.97 Å². The van der Waals surface area contributed by atoms with Gasteiger partial charge < -0.3 is 14.8 Å². The second kappa shape index (κ2) is 10.9. The molecule has 0 fully saturated rings. The average Bonchev–Trinajstić information content (AvgIpc) is 2.91. The van der Waals surface area contributed by atoms with Gasteiger partial charge in [0.2, 0.25) is 0 Å². The standard InChI is InChI=1S/C17H27NO4/c1-14-11-12-15(22-14)17(21)18-13-9-7-5-3-2-4-6-8-10-16(19)20/h11-12H,2-10,13H2,1H3,(H,18,21)(H,19,20). The van der Waals surface area contributed by atoms with E-state index >= 15 is 0 Å².